The van der Waals surface area contributed by atoms with Crippen LogP contribution < -0.4 is 24.8 Å². The standard InChI is InChI=1S/C25H23N5O7/c1-35-22-12-18-19(13-23(22)36-2)26-14-27-25(18)29-16-5-3-15(4-6-16)28-24(32)9-10-37-17-7-8-21(31)20(11-17)30(33)34/h3-8,11-14,31H,9-10H2,1-2H3,(H,28,32)(H,26,27,29). The Kier molecular flexibility index (Phi) is 7.48. The van der Waals surface area contributed by atoms with E-state index in [9.17, 15) is 20.0 Å². The Morgan fingerprint density at radius 3 is 2.41 bits per heavy atom. The molecule has 4 aromatic rings. The number of nitro benzene ring substituents is 1. The lowest BCUT2D eigenvalue weighted by molar-refractivity contribution is -0.385. The third kappa shape index (κ3) is 5.93. The minimum atomic E-state index is -0.714. The van der Waals surface area contributed by atoms with Crippen LogP contribution in [0.1, 0.15) is 6.42 Å². The van der Waals surface area contributed by atoms with Crippen LogP contribution in [0.3, 0.4) is 0 Å². The number of carbonyl (C=O) groups excluding carboxylic acids is 1. The van der Waals surface area contributed by atoms with E-state index in [1.54, 1.807) is 50.6 Å². The quantitative estimate of drug-likeness (QED) is 0.208. The summed E-state index contributed by atoms with van der Waals surface area (Å²) in [7, 11) is 3.11. The van der Waals surface area contributed by atoms with Crippen LogP contribution in [-0.4, -0.2) is 46.7 Å². The maximum Gasteiger partial charge on any atom is 0.314 e. The highest BCUT2D eigenvalue weighted by molar-refractivity contribution is 5.93. The second-order valence-corrected chi connectivity index (χ2v) is 7.70. The van der Waals surface area contributed by atoms with Gasteiger partial charge in [0.15, 0.2) is 17.2 Å². The molecule has 12 nitrogen and oxygen atoms in total. The fraction of sp³-hybridized carbons (Fsp3) is 0.160. The summed E-state index contributed by atoms with van der Waals surface area (Å²) >= 11 is 0. The van der Waals surface area contributed by atoms with Crippen molar-refractivity contribution in [3.63, 3.8) is 0 Å². The number of fused-ring (bicyclic) bond motifs is 1. The van der Waals surface area contributed by atoms with E-state index in [1.807, 2.05) is 0 Å². The van der Waals surface area contributed by atoms with Crippen LogP contribution in [0, 0.1) is 10.1 Å². The number of benzene rings is 3. The molecule has 0 saturated heterocycles. The molecule has 1 aromatic heterocycles. The van der Waals surface area contributed by atoms with Crippen LogP contribution in [0.5, 0.6) is 23.0 Å². The zero-order valence-electron chi connectivity index (χ0n) is 19.9. The van der Waals surface area contributed by atoms with Crippen molar-refractivity contribution >= 4 is 39.7 Å². The fourth-order valence-electron chi connectivity index (χ4n) is 3.48. The first kappa shape index (κ1) is 25.0. The summed E-state index contributed by atoms with van der Waals surface area (Å²) in [5, 5.41) is 27.1. The first-order chi connectivity index (χ1) is 17.9. The lowest BCUT2D eigenvalue weighted by Gasteiger charge is -2.12. The number of ether oxygens (including phenoxy) is 3. The molecule has 12 heteroatoms. The summed E-state index contributed by atoms with van der Waals surface area (Å²) in [6.07, 6.45) is 1.47. The average Bonchev–Trinajstić information content (AvgIpc) is 2.90. The number of phenolic OH excluding ortho intramolecular Hbond substituents is 1. The highest BCUT2D eigenvalue weighted by Gasteiger charge is 2.15. The van der Waals surface area contributed by atoms with Gasteiger partial charge in [0, 0.05) is 22.8 Å². The van der Waals surface area contributed by atoms with Gasteiger partial charge in [-0.1, -0.05) is 0 Å². The number of hydrogen-bond acceptors (Lipinski definition) is 10. The normalized spacial score (nSPS) is 10.5. The number of methoxy groups -OCH3 is 2. The van der Waals surface area contributed by atoms with Gasteiger partial charge >= 0.3 is 5.69 Å². The number of nitro groups is 1. The minimum Gasteiger partial charge on any atom is -0.502 e. The zero-order chi connectivity index (χ0) is 26.4. The van der Waals surface area contributed by atoms with Crippen molar-refractivity contribution in [3.05, 3.63) is 71.0 Å². The first-order valence-electron chi connectivity index (χ1n) is 11.0. The predicted molar refractivity (Wildman–Crippen MR) is 136 cm³/mol. The van der Waals surface area contributed by atoms with Gasteiger partial charge in [-0.3, -0.25) is 14.9 Å². The van der Waals surface area contributed by atoms with E-state index in [0.717, 1.165) is 17.1 Å². The van der Waals surface area contributed by atoms with E-state index < -0.39 is 16.4 Å². The number of amides is 1. The van der Waals surface area contributed by atoms with E-state index in [-0.39, 0.29) is 24.7 Å². The molecule has 190 valence electrons. The highest BCUT2D eigenvalue weighted by atomic mass is 16.6. The van der Waals surface area contributed by atoms with Crippen molar-refractivity contribution in [1.82, 2.24) is 9.97 Å². The number of nitrogens with zero attached hydrogens (tertiary/aromatic N) is 3. The van der Waals surface area contributed by atoms with Crippen LogP contribution in [-0.2, 0) is 4.79 Å². The number of hydrogen-bond donors (Lipinski definition) is 3. The monoisotopic (exact) mass is 505 g/mol. The molecule has 0 aliphatic carbocycles. The van der Waals surface area contributed by atoms with Crippen molar-refractivity contribution in [2.75, 3.05) is 31.5 Å². The van der Waals surface area contributed by atoms with Gasteiger partial charge in [0.2, 0.25) is 5.91 Å². The molecule has 0 atom stereocenters. The highest BCUT2D eigenvalue weighted by Crippen LogP contribution is 2.34. The summed E-state index contributed by atoms with van der Waals surface area (Å²) in [5.41, 5.74) is 1.53. The number of anilines is 3. The van der Waals surface area contributed by atoms with Crippen LogP contribution in [0.15, 0.2) is 60.9 Å². The van der Waals surface area contributed by atoms with Gasteiger partial charge in [0.05, 0.1) is 43.8 Å². The Morgan fingerprint density at radius 2 is 1.70 bits per heavy atom. The van der Waals surface area contributed by atoms with Gasteiger partial charge in [-0.2, -0.15) is 0 Å². The van der Waals surface area contributed by atoms with Gasteiger partial charge in [-0.25, -0.2) is 9.97 Å². The number of rotatable bonds is 10. The molecule has 3 aromatic carbocycles. The summed E-state index contributed by atoms with van der Waals surface area (Å²) in [4.78, 5) is 31.1. The molecular weight excluding hydrogens is 482 g/mol. The molecule has 0 aliphatic heterocycles. The van der Waals surface area contributed by atoms with Crippen LogP contribution in [0.4, 0.5) is 22.9 Å². The maximum atomic E-state index is 12.3. The maximum absolute atomic E-state index is 12.3. The van der Waals surface area contributed by atoms with Crippen molar-refractivity contribution in [2.45, 2.75) is 6.42 Å². The lowest BCUT2D eigenvalue weighted by Crippen LogP contribution is -2.15. The van der Waals surface area contributed by atoms with Crippen LogP contribution in [0.25, 0.3) is 10.9 Å². The molecule has 1 amide bonds. The summed E-state index contributed by atoms with van der Waals surface area (Å²) in [6, 6.07) is 14.3. The number of aromatic hydroxyl groups is 1. The zero-order valence-corrected chi connectivity index (χ0v) is 19.9. The van der Waals surface area contributed by atoms with Crippen LogP contribution >= 0.6 is 0 Å². The Bertz CT molecular complexity index is 1440. The minimum absolute atomic E-state index is 0.00242. The van der Waals surface area contributed by atoms with Crippen LogP contribution in [0.2, 0.25) is 0 Å². The SMILES string of the molecule is COc1cc2ncnc(Nc3ccc(NC(=O)CCOc4ccc(O)c([N+](=O)[O-])c4)cc3)c2cc1OC. The first-order valence-corrected chi connectivity index (χ1v) is 11.0. The molecule has 0 spiro atoms. The second-order valence-electron chi connectivity index (χ2n) is 7.70. The van der Waals surface area contributed by atoms with E-state index in [0.29, 0.717) is 28.5 Å². The third-order valence-corrected chi connectivity index (χ3v) is 5.31. The van der Waals surface area contributed by atoms with Crippen molar-refractivity contribution in [1.29, 1.82) is 0 Å². The Balaban J connectivity index is 1.35. The summed E-state index contributed by atoms with van der Waals surface area (Å²) in [6.45, 7) is 0.00242. The molecular formula is C25H23N5O7. The van der Waals surface area contributed by atoms with E-state index in [2.05, 4.69) is 20.6 Å². The molecule has 0 bridgehead atoms. The molecule has 1 heterocycles. The molecule has 4 rings (SSSR count). The van der Waals surface area contributed by atoms with Crippen molar-refractivity contribution in [3.8, 4) is 23.0 Å². The summed E-state index contributed by atoms with van der Waals surface area (Å²) < 4.78 is 16.1. The van der Waals surface area contributed by atoms with E-state index in [1.165, 1.54) is 18.5 Å². The number of carbonyl (C=O) groups is 1. The second kappa shape index (κ2) is 11.1. The molecule has 0 fully saturated rings. The number of aromatic nitrogens is 2. The molecule has 37 heavy (non-hydrogen) atoms. The molecule has 0 saturated carbocycles. The molecule has 3 N–H and O–H groups in total. The Labute approximate surface area is 211 Å². The topological polar surface area (TPSA) is 158 Å². The van der Waals surface area contributed by atoms with Gasteiger partial charge in [-0.05, 0) is 42.5 Å². The number of phenols is 1. The molecule has 0 aliphatic rings. The molecule has 0 radical (unpaired) electrons. The Hall–Kier alpha value is -5.13. The van der Waals surface area contributed by atoms with Gasteiger partial charge < -0.3 is 30.0 Å². The van der Waals surface area contributed by atoms with Gasteiger partial charge in [-0.15, -0.1) is 0 Å². The van der Waals surface area contributed by atoms with Crippen molar-refractivity contribution in [2.24, 2.45) is 0 Å². The third-order valence-electron chi connectivity index (χ3n) is 5.31. The molecule has 0 unspecified atom stereocenters. The van der Waals surface area contributed by atoms with Crippen molar-refractivity contribution < 1.29 is 29.0 Å². The average molecular weight is 505 g/mol. The largest absolute Gasteiger partial charge is 0.502 e. The number of nitrogens with one attached hydrogen (secondary N) is 2. The predicted octanol–water partition coefficient (Wildman–Crippen LogP) is 4.41. The lowest BCUT2D eigenvalue weighted by atomic mass is 10.2. The smallest absolute Gasteiger partial charge is 0.314 e. The Morgan fingerprint density at radius 1 is 1.00 bits per heavy atom. The summed E-state index contributed by atoms with van der Waals surface area (Å²) in [5.74, 6) is 1.13. The van der Waals surface area contributed by atoms with E-state index in [4.69, 9.17) is 14.2 Å². The fourth-order valence-corrected chi connectivity index (χ4v) is 3.48. The van der Waals surface area contributed by atoms with Gasteiger partial charge in [0.25, 0.3) is 0 Å². The van der Waals surface area contributed by atoms with E-state index >= 15 is 0 Å². The van der Waals surface area contributed by atoms with Gasteiger partial charge in [0.1, 0.15) is 17.9 Å².